The average Bonchev–Trinajstić information content (AvgIpc) is 2.53. The van der Waals surface area contributed by atoms with Crippen LogP contribution in [0.15, 0.2) is 42.5 Å². The van der Waals surface area contributed by atoms with Gasteiger partial charge in [-0.3, -0.25) is 25.0 Å². The molecule has 0 spiro atoms. The van der Waals surface area contributed by atoms with Gasteiger partial charge in [0.25, 0.3) is 5.91 Å². The monoisotopic (exact) mass is 315 g/mol. The van der Waals surface area contributed by atoms with Crippen molar-refractivity contribution in [3.05, 3.63) is 79.4 Å². The highest BCUT2D eigenvalue weighted by Gasteiger charge is 2.25. The van der Waals surface area contributed by atoms with Gasteiger partial charge in [0.05, 0.1) is 9.85 Å². The Morgan fingerprint density at radius 2 is 1.70 bits per heavy atom. The number of benzene rings is 2. The second-order valence-corrected chi connectivity index (χ2v) is 4.83. The van der Waals surface area contributed by atoms with Gasteiger partial charge in [-0.1, -0.05) is 24.3 Å². The van der Waals surface area contributed by atoms with Crippen LogP contribution in [0, 0.1) is 27.2 Å². The van der Waals surface area contributed by atoms with Crippen LogP contribution in [0.2, 0.25) is 0 Å². The van der Waals surface area contributed by atoms with Crippen molar-refractivity contribution in [2.75, 3.05) is 0 Å². The SMILES string of the molecule is Cc1ccccc1CNC(=O)c1ccc([N+](=O)[O-])c([N+](=O)[O-])c1. The molecule has 2 aromatic carbocycles. The first-order chi connectivity index (χ1) is 10.9. The molecule has 0 unspecified atom stereocenters. The second-order valence-electron chi connectivity index (χ2n) is 4.83. The molecule has 0 saturated carbocycles. The quantitative estimate of drug-likeness (QED) is 0.672. The molecule has 0 aliphatic heterocycles. The highest BCUT2D eigenvalue weighted by molar-refractivity contribution is 5.95. The van der Waals surface area contributed by atoms with Crippen molar-refractivity contribution in [2.45, 2.75) is 13.5 Å². The highest BCUT2D eigenvalue weighted by atomic mass is 16.6. The van der Waals surface area contributed by atoms with Gasteiger partial charge in [0.1, 0.15) is 0 Å². The van der Waals surface area contributed by atoms with Crippen LogP contribution in [-0.2, 0) is 6.54 Å². The Morgan fingerprint density at radius 3 is 2.30 bits per heavy atom. The molecule has 0 fully saturated rings. The summed E-state index contributed by atoms with van der Waals surface area (Å²) < 4.78 is 0. The lowest BCUT2D eigenvalue weighted by atomic mass is 10.1. The number of carbonyl (C=O) groups excluding carboxylic acids is 1. The van der Waals surface area contributed by atoms with Crippen LogP contribution >= 0.6 is 0 Å². The molecule has 0 aromatic heterocycles. The number of nitro benzene ring substituents is 2. The number of amides is 1. The summed E-state index contributed by atoms with van der Waals surface area (Å²) in [5.74, 6) is -0.536. The zero-order valence-corrected chi connectivity index (χ0v) is 12.2. The standard InChI is InChI=1S/C15H13N3O5/c1-10-4-2-3-5-12(10)9-16-15(19)11-6-7-13(17(20)21)14(8-11)18(22)23/h2-8H,9H2,1H3,(H,16,19). The minimum atomic E-state index is -0.879. The van der Waals surface area contributed by atoms with E-state index in [0.717, 1.165) is 23.3 Å². The third-order valence-electron chi connectivity index (χ3n) is 3.33. The molecule has 118 valence electrons. The van der Waals surface area contributed by atoms with Crippen molar-refractivity contribution in [3.63, 3.8) is 0 Å². The fourth-order valence-electron chi connectivity index (χ4n) is 2.05. The van der Waals surface area contributed by atoms with Crippen LogP contribution in [0.4, 0.5) is 11.4 Å². The first-order valence-corrected chi connectivity index (χ1v) is 6.65. The summed E-state index contributed by atoms with van der Waals surface area (Å²) in [6.45, 7) is 2.16. The lowest BCUT2D eigenvalue weighted by molar-refractivity contribution is -0.422. The Morgan fingerprint density at radius 1 is 1.04 bits per heavy atom. The molecule has 1 N–H and O–H groups in total. The van der Waals surface area contributed by atoms with E-state index in [9.17, 15) is 25.0 Å². The smallest absolute Gasteiger partial charge is 0.346 e. The van der Waals surface area contributed by atoms with Crippen molar-refractivity contribution < 1.29 is 14.6 Å². The van der Waals surface area contributed by atoms with E-state index in [0.29, 0.717) is 0 Å². The summed E-state index contributed by atoms with van der Waals surface area (Å²) in [6.07, 6.45) is 0. The number of carbonyl (C=O) groups is 1. The van der Waals surface area contributed by atoms with E-state index in [1.54, 1.807) is 0 Å². The molecule has 0 aliphatic carbocycles. The third kappa shape index (κ3) is 3.67. The van der Waals surface area contributed by atoms with Crippen LogP contribution in [-0.4, -0.2) is 15.8 Å². The molecule has 0 aliphatic rings. The number of rotatable bonds is 5. The summed E-state index contributed by atoms with van der Waals surface area (Å²) in [7, 11) is 0. The van der Waals surface area contributed by atoms with E-state index in [2.05, 4.69) is 5.32 Å². The van der Waals surface area contributed by atoms with Crippen LogP contribution in [0.25, 0.3) is 0 Å². The molecule has 1 amide bonds. The van der Waals surface area contributed by atoms with E-state index in [-0.39, 0.29) is 12.1 Å². The first kappa shape index (κ1) is 16.1. The van der Waals surface area contributed by atoms with Gasteiger partial charge in [-0.25, -0.2) is 0 Å². The van der Waals surface area contributed by atoms with Gasteiger partial charge in [0, 0.05) is 24.2 Å². The molecule has 0 radical (unpaired) electrons. The third-order valence-corrected chi connectivity index (χ3v) is 3.33. The molecule has 2 rings (SSSR count). The molecule has 0 bridgehead atoms. The maximum absolute atomic E-state index is 12.1. The van der Waals surface area contributed by atoms with Crippen molar-refractivity contribution in [2.24, 2.45) is 0 Å². The van der Waals surface area contributed by atoms with E-state index < -0.39 is 27.1 Å². The summed E-state index contributed by atoms with van der Waals surface area (Å²) in [5, 5.41) is 24.3. The normalized spacial score (nSPS) is 10.1. The summed E-state index contributed by atoms with van der Waals surface area (Å²) in [4.78, 5) is 32.0. The molecule has 0 atom stereocenters. The van der Waals surface area contributed by atoms with Gasteiger partial charge < -0.3 is 5.32 Å². The highest BCUT2D eigenvalue weighted by Crippen LogP contribution is 2.27. The minimum Gasteiger partial charge on any atom is -0.348 e. The van der Waals surface area contributed by atoms with Gasteiger partial charge >= 0.3 is 11.4 Å². The second kappa shape index (κ2) is 6.65. The molecule has 2 aromatic rings. The zero-order chi connectivity index (χ0) is 17.0. The van der Waals surface area contributed by atoms with Crippen molar-refractivity contribution in [1.82, 2.24) is 5.32 Å². The Bertz CT molecular complexity index is 788. The molecule has 23 heavy (non-hydrogen) atoms. The van der Waals surface area contributed by atoms with Crippen molar-refractivity contribution in [3.8, 4) is 0 Å². The number of nitro groups is 2. The van der Waals surface area contributed by atoms with Gasteiger partial charge in [0.15, 0.2) is 0 Å². The Balaban J connectivity index is 2.20. The average molecular weight is 315 g/mol. The number of hydrogen-bond donors (Lipinski definition) is 1. The van der Waals surface area contributed by atoms with Gasteiger partial charge in [0.2, 0.25) is 0 Å². The largest absolute Gasteiger partial charge is 0.348 e. The number of aryl methyl sites for hydroxylation is 1. The first-order valence-electron chi connectivity index (χ1n) is 6.65. The number of nitrogens with zero attached hydrogens (tertiary/aromatic N) is 2. The summed E-state index contributed by atoms with van der Waals surface area (Å²) in [6, 6.07) is 10.5. The zero-order valence-electron chi connectivity index (χ0n) is 12.2. The number of hydrogen-bond acceptors (Lipinski definition) is 5. The lowest BCUT2D eigenvalue weighted by Crippen LogP contribution is -2.23. The molecule has 0 saturated heterocycles. The fourth-order valence-corrected chi connectivity index (χ4v) is 2.05. The maximum atomic E-state index is 12.1. The van der Waals surface area contributed by atoms with Crippen LogP contribution in [0.3, 0.4) is 0 Å². The van der Waals surface area contributed by atoms with Crippen LogP contribution < -0.4 is 5.32 Å². The van der Waals surface area contributed by atoms with E-state index in [4.69, 9.17) is 0 Å². The minimum absolute atomic E-state index is 0.00381. The predicted molar refractivity (Wildman–Crippen MR) is 82.1 cm³/mol. The summed E-state index contributed by atoms with van der Waals surface area (Å²) >= 11 is 0. The lowest BCUT2D eigenvalue weighted by Gasteiger charge is -2.08. The van der Waals surface area contributed by atoms with E-state index in [1.807, 2.05) is 31.2 Å². The molecular formula is C15H13N3O5. The Labute approximate surface area is 131 Å². The van der Waals surface area contributed by atoms with E-state index in [1.165, 1.54) is 6.07 Å². The van der Waals surface area contributed by atoms with Gasteiger partial charge in [-0.2, -0.15) is 0 Å². The van der Waals surface area contributed by atoms with Crippen molar-refractivity contribution in [1.29, 1.82) is 0 Å². The molecule has 0 heterocycles. The van der Waals surface area contributed by atoms with E-state index >= 15 is 0 Å². The van der Waals surface area contributed by atoms with Crippen LogP contribution in [0.1, 0.15) is 21.5 Å². The van der Waals surface area contributed by atoms with Gasteiger partial charge in [-0.15, -0.1) is 0 Å². The fraction of sp³-hybridized carbons (Fsp3) is 0.133. The van der Waals surface area contributed by atoms with Crippen LogP contribution in [0.5, 0.6) is 0 Å². The number of nitrogens with one attached hydrogen (secondary N) is 1. The van der Waals surface area contributed by atoms with Crippen molar-refractivity contribution >= 4 is 17.3 Å². The maximum Gasteiger partial charge on any atom is 0.346 e. The van der Waals surface area contributed by atoms with Gasteiger partial charge in [-0.05, 0) is 24.1 Å². The molecule has 8 nitrogen and oxygen atoms in total. The molecule has 8 heteroatoms. The Kier molecular flexibility index (Phi) is 4.65. The summed E-state index contributed by atoms with van der Waals surface area (Å²) in [5.41, 5.74) is 0.555. The topological polar surface area (TPSA) is 115 Å². The Hall–Kier alpha value is -3.29. The predicted octanol–water partition coefficient (Wildman–Crippen LogP) is 2.74. The molecular weight excluding hydrogens is 302 g/mol.